The van der Waals surface area contributed by atoms with Crippen molar-refractivity contribution in [3.05, 3.63) is 29.8 Å². The van der Waals surface area contributed by atoms with E-state index in [4.69, 9.17) is 4.74 Å². The van der Waals surface area contributed by atoms with Crippen molar-refractivity contribution in [3.8, 4) is 5.75 Å². The summed E-state index contributed by atoms with van der Waals surface area (Å²) in [5.41, 5.74) is 0.895. The molecule has 1 heterocycles. The van der Waals surface area contributed by atoms with Crippen molar-refractivity contribution in [3.63, 3.8) is 0 Å². The lowest BCUT2D eigenvalue weighted by Crippen LogP contribution is -2.07. The fourth-order valence-electron chi connectivity index (χ4n) is 2.16. The molecule has 1 aromatic carbocycles. The van der Waals surface area contributed by atoms with E-state index in [0.29, 0.717) is 12.4 Å². The van der Waals surface area contributed by atoms with Crippen molar-refractivity contribution in [2.24, 2.45) is 0 Å². The molecule has 17 heavy (non-hydrogen) atoms. The largest absolute Gasteiger partial charge is 0.494 e. The molecule has 0 bridgehead atoms. The number of hydrogen-bond donors (Lipinski definition) is 0. The Balaban J connectivity index is 2.13. The third-order valence-corrected chi connectivity index (χ3v) is 5.29. The van der Waals surface area contributed by atoms with E-state index < -0.39 is 9.84 Å². The fourth-order valence-corrected chi connectivity index (χ4v) is 4.12. The van der Waals surface area contributed by atoms with Crippen molar-refractivity contribution < 1.29 is 13.2 Å². The second kappa shape index (κ2) is 5.08. The minimum absolute atomic E-state index is 0.303. The summed E-state index contributed by atoms with van der Waals surface area (Å²) in [5, 5.41) is -0.303. The molecule has 0 spiro atoms. The van der Waals surface area contributed by atoms with Gasteiger partial charge < -0.3 is 4.74 Å². The lowest BCUT2D eigenvalue weighted by atomic mass is 10.1. The zero-order valence-electron chi connectivity index (χ0n) is 10.1. The molecular weight excluding hydrogens is 236 g/mol. The van der Waals surface area contributed by atoms with Crippen LogP contribution in [-0.4, -0.2) is 20.8 Å². The summed E-state index contributed by atoms with van der Waals surface area (Å²) in [6.07, 6.45) is 2.50. The average Bonchev–Trinajstić information content (AvgIpc) is 2.67. The maximum Gasteiger partial charge on any atom is 0.157 e. The van der Waals surface area contributed by atoms with Crippen molar-refractivity contribution >= 4 is 9.84 Å². The van der Waals surface area contributed by atoms with Crippen LogP contribution >= 0.6 is 0 Å². The third kappa shape index (κ3) is 2.80. The Morgan fingerprint density at radius 1 is 1.29 bits per heavy atom. The Morgan fingerprint density at radius 2 is 2.00 bits per heavy atom. The van der Waals surface area contributed by atoms with Gasteiger partial charge in [0.1, 0.15) is 5.75 Å². The van der Waals surface area contributed by atoms with Crippen LogP contribution < -0.4 is 4.74 Å². The fraction of sp³-hybridized carbons (Fsp3) is 0.538. The topological polar surface area (TPSA) is 43.4 Å². The van der Waals surface area contributed by atoms with Gasteiger partial charge in [0.2, 0.25) is 0 Å². The van der Waals surface area contributed by atoms with E-state index in [0.717, 1.165) is 30.6 Å². The summed E-state index contributed by atoms with van der Waals surface area (Å²) in [4.78, 5) is 0. The van der Waals surface area contributed by atoms with Gasteiger partial charge in [-0.1, -0.05) is 19.1 Å². The summed E-state index contributed by atoms with van der Waals surface area (Å²) in [6.45, 7) is 2.75. The molecule has 0 N–H and O–H groups in total. The van der Waals surface area contributed by atoms with Crippen molar-refractivity contribution in [1.82, 2.24) is 0 Å². The first-order valence-corrected chi connectivity index (χ1v) is 7.79. The molecule has 4 heteroatoms. The van der Waals surface area contributed by atoms with Crippen molar-refractivity contribution in [2.45, 2.75) is 31.4 Å². The molecule has 2 rings (SSSR count). The smallest absolute Gasteiger partial charge is 0.157 e. The molecule has 94 valence electrons. The van der Waals surface area contributed by atoms with Gasteiger partial charge in [-0.3, -0.25) is 0 Å². The van der Waals surface area contributed by atoms with Crippen LogP contribution in [0.15, 0.2) is 24.3 Å². The molecule has 1 fully saturated rings. The monoisotopic (exact) mass is 254 g/mol. The lowest BCUT2D eigenvalue weighted by molar-refractivity contribution is 0.317. The molecule has 1 saturated heterocycles. The van der Waals surface area contributed by atoms with Gasteiger partial charge in [-0.05, 0) is 37.0 Å². The van der Waals surface area contributed by atoms with Crippen LogP contribution in [0.2, 0.25) is 0 Å². The molecule has 1 unspecified atom stereocenters. The Morgan fingerprint density at radius 3 is 2.53 bits per heavy atom. The van der Waals surface area contributed by atoms with Crippen LogP contribution in [0.5, 0.6) is 5.75 Å². The molecular formula is C13H18O3S. The molecule has 0 radical (unpaired) electrons. The van der Waals surface area contributed by atoms with Gasteiger partial charge in [0, 0.05) is 0 Å². The molecule has 1 aromatic rings. The molecule has 0 saturated carbocycles. The highest BCUT2D eigenvalue weighted by atomic mass is 32.2. The lowest BCUT2D eigenvalue weighted by Gasteiger charge is -2.10. The Labute approximate surface area is 103 Å². The first-order valence-electron chi connectivity index (χ1n) is 6.08. The first-order chi connectivity index (χ1) is 8.13. The van der Waals surface area contributed by atoms with Crippen LogP contribution in [0.3, 0.4) is 0 Å². The number of rotatable bonds is 4. The van der Waals surface area contributed by atoms with Crippen molar-refractivity contribution in [1.29, 1.82) is 0 Å². The summed E-state index contributed by atoms with van der Waals surface area (Å²) in [6, 6.07) is 7.47. The van der Waals surface area contributed by atoms with Gasteiger partial charge in [0.05, 0.1) is 17.6 Å². The molecule has 0 aliphatic carbocycles. The van der Waals surface area contributed by atoms with E-state index >= 15 is 0 Å². The number of ether oxygens (including phenoxy) is 1. The Bertz CT molecular complexity index is 462. The van der Waals surface area contributed by atoms with E-state index in [1.165, 1.54) is 0 Å². The van der Waals surface area contributed by atoms with Crippen molar-refractivity contribution in [2.75, 3.05) is 12.4 Å². The first kappa shape index (κ1) is 12.4. The van der Waals surface area contributed by atoms with E-state index in [-0.39, 0.29) is 5.25 Å². The second-order valence-electron chi connectivity index (χ2n) is 4.42. The zero-order chi connectivity index (χ0) is 12.3. The molecule has 0 amide bonds. The Hall–Kier alpha value is -1.03. The number of benzene rings is 1. The number of hydrogen-bond acceptors (Lipinski definition) is 3. The zero-order valence-corrected chi connectivity index (χ0v) is 10.9. The van der Waals surface area contributed by atoms with E-state index in [1.807, 2.05) is 24.3 Å². The highest BCUT2D eigenvalue weighted by Crippen LogP contribution is 2.35. The summed E-state index contributed by atoms with van der Waals surface area (Å²) in [7, 11) is -2.91. The van der Waals surface area contributed by atoms with Gasteiger partial charge in [-0.15, -0.1) is 0 Å². The van der Waals surface area contributed by atoms with E-state index in [9.17, 15) is 8.42 Å². The highest BCUT2D eigenvalue weighted by molar-refractivity contribution is 7.91. The van der Waals surface area contributed by atoms with Crippen LogP contribution in [0.1, 0.15) is 37.0 Å². The minimum Gasteiger partial charge on any atom is -0.494 e. The highest BCUT2D eigenvalue weighted by Gasteiger charge is 2.32. The quantitative estimate of drug-likeness (QED) is 0.829. The maximum atomic E-state index is 11.8. The van der Waals surface area contributed by atoms with Crippen LogP contribution in [-0.2, 0) is 9.84 Å². The molecule has 0 aromatic heterocycles. The second-order valence-corrected chi connectivity index (χ2v) is 6.72. The van der Waals surface area contributed by atoms with Crippen LogP contribution in [0.25, 0.3) is 0 Å². The van der Waals surface area contributed by atoms with Gasteiger partial charge >= 0.3 is 0 Å². The molecule has 1 aliphatic heterocycles. The minimum atomic E-state index is -2.91. The summed E-state index contributed by atoms with van der Waals surface area (Å²) >= 11 is 0. The summed E-state index contributed by atoms with van der Waals surface area (Å²) < 4.78 is 29.1. The number of sulfone groups is 1. The standard InChI is InChI=1S/C13H18O3S/c1-2-9-16-12-7-5-11(6-8-12)13-4-3-10-17(13,14)15/h5-8,13H,2-4,9-10H2,1H3. The predicted molar refractivity (Wildman–Crippen MR) is 68.0 cm³/mol. The van der Waals surface area contributed by atoms with Gasteiger partial charge in [0.25, 0.3) is 0 Å². The van der Waals surface area contributed by atoms with E-state index in [2.05, 4.69) is 6.92 Å². The van der Waals surface area contributed by atoms with Crippen LogP contribution in [0, 0.1) is 0 Å². The average molecular weight is 254 g/mol. The predicted octanol–water partition coefficient (Wildman–Crippen LogP) is 2.73. The molecule has 1 aliphatic rings. The van der Waals surface area contributed by atoms with Gasteiger partial charge in [0.15, 0.2) is 9.84 Å². The van der Waals surface area contributed by atoms with Gasteiger partial charge in [-0.2, -0.15) is 0 Å². The molecule has 1 atom stereocenters. The molecule has 3 nitrogen and oxygen atoms in total. The van der Waals surface area contributed by atoms with Gasteiger partial charge in [-0.25, -0.2) is 8.42 Å². The third-order valence-electron chi connectivity index (χ3n) is 3.05. The normalized spacial score (nSPS) is 22.5. The maximum absolute atomic E-state index is 11.8. The van der Waals surface area contributed by atoms with Crippen LogP contribution in [0.4, 0.5) is 0 Å². The van der Waals surface area contributed by atoms with E-state index in [1.54, 1.807) is 0 Å². The summed E-state index contributed by atoms with van der Waals surface area (Å²) in [5.74, 6) is 1.14. The SMILES string of the molecule is CCCOc1ccc(C2CCCS2(=O)=O)cc1. The Kier molecular flexibility index (Phi) is 3.72.